The van der Waals surface area contributed by atoms with Crippen molar-refractivity contribution in [3.05, 3.63) is 75.2 Å². The molecule has 0 aliphatic carbocycles. The van der Waals surface area contributed by atoms with Crippen molar-refractivity contribution < 1.29 is 4.42 Å². The van der Waals surface area contributed by atoms with E-state index in [2.05, 4.69) is 66.1 Å². The van der Waals surface area contributed by atoms with Crippen LogP contribution in [0.4, 0.5) is 0 Å². The third kappa shape index (κ3) is 5.22. The average molecular weight is 477 g/mol. The molecule has 0 spiro atoms. The van der Waals surface area contributed by atoms with Gasteiger partial charge in [-0.25, -0.2) is 4.68 Å². The highest BCUT2D eigenvalue weighted by atomic mass is 16.3. The number of pyridine rings is 1. The number of fused-ring (bicyclic) bond motifs is 1. The lowest BCUT2D eigenvalue weighted by atomic mass is 10.00. The molecule has 0 aliphatic rings. The number of tetrazole rings is 1. The summed E-state index contributed by atoms with van der Waals surface area (Å²) in [7, 11) is 0. The summed E-state index contributed by atoms with van der Waals surface area (Å²) >= 11 is 0. The zero-order valence-corrected chi connectivity index (χ0v) is 21.6. The molecule has 3 aromatic heterocycles. The Kier molecular flexibility index (Phi) is 7.21. The molecule has 1 N–H and O–H groups in total. The maximum absolute atomic E-state index is 13.2. The molecule has 186 valence electrons. The first-order chi connectivity index (χ1) is 16.7. The number of benzene rings is 1. The van der Waals surface area contributed by atoms with Gasteiger partial charge in [0.1, 0.15) is 5.76 Å². The fourth-order valence-corrected chi connectivity index (χ4v) is 4.66. The molecule has 0 amide bonds. The van der Waals surface area contributed by atoms with Crippen molar-refractivity contribution in [1.82, 2.24) is 30.1 Å². The number of aryl methyl sites for hydroxylation is 2. The van der Waals surface area contributed by atoms with Crippen LogP contribution in [0.3, 0.4) is 0 Å². The molecule has 8 nitrogen and oxygen atoms in total. The topological polar surface area (TPSA) is 92.8 Å². The molecular weight excluding hydrogens is 440 g/mol. The van der Waals surface area contributed by atoms with Crippen LogP contribution in [0.25, 0.3) is 10.9 Å². The number of nitrogens with zero attached hydrogens (tertiary/aromatic N) is 5. The normalized spacial score (nSPS) is 13.1. The van der Waals surface area contributed by atoms with Gasteiger partial charge in [-0.3, -0.25) is 9.69 Å². The summed E-state index contributed by atoms with van der Waals surface area (Å²) in [6.45, 7) is 13.7. The third-order valence-electron chi connectivity index (χ3n) is 6.94. The minimum atomic E-state index is -0.226. The fraction of sp³-hybridized carbons (Fsp3) is 0.481. The molecule has 0 saturated heterocycles. The lowest BCUT2D eigenvalue weighted by Gasteiger charge is -2.33. The molecule has 0 fully saturated rings. The molecule has 3 heterocycles. The maximum Gasteiger partial charge on any atom is 0.252 e. The van der Waals surface area contributed by atoms with Crippen LogP contribution in [0.15, 0.2) is 45.8 Å². The quantitative estimate of drug-likeness (QED) is 0.329. The van der Waals surface area contributed by atoms with Crippen molar-refractivity contribution in [2.24, 2.45) is 0 Å². The second kappa shape index (κ2) is 10.2. The first-order valence-corrected chi connectivity index (χ1v) is 12.4. The van der Waals surface area contributed by atoms with Gasteiger partial charge in [0, 0.05) is 23.0 Å². The highest BCUT2D eigenvalue weighted by molar-refractivity contribution is 5.83. The third-order valence-corrected chi connectivity index (χ3v) is 6.94. The van der Waals surface area contributed by atoms with Gasteiger partial charge in [0.15, 0.2) is 5.82 Å². The van der Waals surface area contributed by atoms with E-state index in [-0.39, 0.29) is 17.1 Å². The minimum Gasteiger partial charge on any atom is -0.468 e. The van der Waals surface area contributed by atoms with Crippen LogP contribution in [0.5, 0.6) is 0 Å². The fourth-order valence-electron chi connectivity index (χ4n) is 4.66. The first kappa shape index (κ1) is 24.9. The van der Waals surface area contributed by atoms with E-state index >= 15 is 0 Å². The SMILES string of the molecule is CCCC(c1nnnn1C(C)(C)CC)N(Cc1ccco1)Cc1cc2c(C)cc(C)cc2[nH]c1=O. The Labute approximate surface area is 206 Å². The molecular formula is C27H36N6O2. The second-order valence-corrected chi connectivity index (χ2v) is 10.1. The van der Waals surface area contributed by atoms with Crippen LogP contribution in [0, 0.1) is 13.8 Å². The van der Waals surface area contributed by atoms with Gasteiger partial charge < -0.3 is 9.40 Å². The van der Waals surface area contributed by atoms with Crippen LogP contribution in [-0.2, 0) is 18.6 Å². The van der Waals surface area contributed by atoms with Gasteiger partial charge in [-0.15, -0.1) is 5.10 Å². The number of aromatic nitrogens is 5. The molecule has 1 unspecified atom stereocenters. The summed E-state index contributed by atoms with van der Waals surface area (Å²) in [5.74, 6) is 1.65. The summed E-state index contributed by atoms with van der Waals surface area (Å²) < 4.78 is 7.66. The van der Waals surface area contributed by atoms with Gasteiger partial charge in [-0.05, 0) is 86.4 Å². The number of aromatic amines is 1. The van der Waals surface area contributed by atoms with Crippen LogP contribution in [-0.4, -0.2) is 30.1 Å². The van der Waals surface area contributed by atoms with Crippen molar-refractivity contribution in [1.29, 1.82) is 0 Å². The van der Waals surface area contributed by atoms with Crippen LogP contribution >= 0.6 is 0 Å². The number of rotatable bonds is 10. The van der Waals surface area contributed by atoms with E-state index in [4.69, 9.17) is 4.42 Å². The Morgan fingerprint density at radius 2 is 1.97 bits per heavy atom. The molecule has 1 aromatic carbocycles. The van der Waals surface area contributed by atoms with Gasteiger partial charge in [0.05, 0.1) is 24.4 Å². The van der Waals surface area contributed by atoms with Crippen LogP contribution in [0.2, 0.25) is 0 Å². The standard InChI is InChI=1S/C27H36N6O2/c1-7-10-24(25-29-30-31-33(25)27(5,6)8-2)32(17-21-11-9-12-35-21)16-20-15-22-19(4)13-18(3)14-23(22)28-26(20)34/h9,11-15,24H,7-8,10,16-17H2,1-6H3,(H,28,34). The lowest BCUT2D eigenvalue weighted by molar-refractivity contribution is 0.135. The van der Waals surface area contributed by atoms with Gasteiger partial charge in [0.2, 0.25) is 0 Å². The largest absolute Gasteiger partial charge is 0.468 e. The number of H-pyrrole nitrogens is 1. The predicted molar refractivity (Wildman–Crippen MR) is 137 cm³/mol. The monoisotopic (exact) mass is 476 g/mol. The maximum atomic E-state index is 13.2. The summed E-state index contributed by atoms with van der Waals surface area (Å²) in [4.78, 5) is 18.5. The molecule has 1 atom stereocenters. The van der Waals surface area contributed by atoms with Gasteiger partial charge in [0.25, 0.3) is 5.56 Å². The number of hydrogen-bond acceptors (Lipinski definition) is 6. The van der Waals surface area contributed by atoms with E-state index in [0.717, 1.165) is 52.9 Å². The summed E-state index contributed by atoms with van der Waals surface area (Å²) in [5.41, 5.74) is 3.56. The van der Waals surface area contributed by atoms with Crippen molar-refractivity contribution in [3.63, 3.8) is 0 Å². The average Bonchev–Trinajstić information content (AvgIpc) is 3.50. The molecule has 0 bridgehead atoms. The zero-order chi connectivity index (χ0) is 25.2. The highest BCUT2D eigenvalue weighted by Crippen LogP contribution is 2.31. The van der Waals surface area contributed by atoms with Crippen molar-refractivity contribution in [2.45, 2.75) is 85.5 Å². The van der Waals surface area contributed by atoms with E-state index < -0.39 is 0 Å². The molecule has 8 heteroatoms. The van der Waals surface area contributed by atoms with E-state index in [9.17, 15) is 4.79 Å². The molecule has 0 saturated carbocycles. The molecule has 0 aliphatic heterocycles. The number of nitrogens with one attached hydrogen (secondary N) is 1. The van der Waals surface area contributed by atoms with Gasteiger partial charge in [-0.2, -0.15) is 0 Å². The molecule has 4 aromatic rings. The van der Waals surface area contributed by atoms with Crippen molar-refractivity contribution in [3.8, 4) is 0 Å². The summed E-state index contributed by atoms with van der Waals surface area (Å²) in [5, 5.41) is 14.0. The Balaban J connectivity index is 1.79. The molecule has 0 radical (unpaired) electrons. The van der Waals surface area contributed by atoms with Gasteiger partial charge in [-0.1, -0.05) is 26.3 Å². The zero-order valence-electron chi connectivity index (χ0n) is 21.6. The minimum absolute atomic E-state index is 0.0735. The van der Waals surface area contributed by atoms with E-state index in [1.807, 2.05) is 35.9 Å². The van der Waals surface area contributed by atoms with Crippen LogP contribution < -0.4 is 5.56 Å². The molecule has 4 rings (SSSR count). The number of furan rings is 1. The summed E-state index contributed by atoms with van der Waals surface area (Å²) in [6, 6.07) is 9.97. The van der Waals surface area contributed by atoms with Crippen molar-refractivity contribution >= 4 is 10.9 Å². The lowest BCUT2D eigenvalue weighted by Crippen LogP contribution is -2.36. The smallest absolute Gasteiger partial charge is 0.252 e. The molecule has 35 heavy (non-hydrogen) atoms. The van der Waals surface area contributed by atoms with Crippen molar-refractivity contribution in [2.75, 3.05) is 0 Å². The Bertz CT molecular complexity index is 1340. The Morgan fingerprint density at radius 3 is 2.66 bits per heavy atom. The number of hydrogen-bond donors (Lipinski definition) is 1. The second-order valence-electron chi connectivity index (χ2n) is 10.1. The van der Waals surface area contributed by atoms with E-state index in [1.165, 1.54) is 0 Å². The Morgan fingerprint density at radius 1 is 1.17 bits per heavy atom. The first-order valence-electron chi connectivity index (χ1n) is 12.4. The van der Waals surface area contributed by atoms with E-state index in [1.54, 1.807) is 6.26 Å². The highest BCUT2D eigenvalue weighted by Gasteiger charge is 2.32. The Hall–Kier alpha value is -3.26. The van der Waals surface area contributed by atoms with E-state index in [0.29, 0.717) is 18.7 Å². The summed E-state index contributed by atoms with van der Waals surface area (Å²) in [6.07, 6.45) is 4.38. The predicted octanol–water partition coefficient (Wildman–Crippen LogP) is 5.41. The van der Waals surface area contributed by atoms with Crippen LogP contribution in [0.1, 0.15) is 81.3 Å². The van der Waals surface area contributed by atoms with Gasteiger partial charge >= 0.3 is 0 Å².